The van der Waals surface area contributed by atoms with E-state index in [0.717, 1.165) is 0 Å². The van der Waals surface area contributed by atoms with E-state index in [1.165, 1.54) is 0 Å². The smallest absolute Gasteiger partial charge is 0.201 e. The lowest BCUT2D eigenvalue weighted by Gasteiger charge is -2.47. The summed E-state index contributed by atoms with van der Waals surface area (Å²) < 4.78 is 6.81. The molecule has 116 valence electrons. The van der Waals surface area contributed by atoms with Crippen molar-refractivity contribution in [1.29, 1.82) is 0 Å². The Labute approximate surface area is 128 Å². The van der Waals surface area contributed by atoms with Crippen molar-refractivity contribution in [3.05, 3.63) is 12.7 Å². The summed E-state index contributed by atoms with van der Waals surface area (Å²) in [6.45, 7) is 22.2. The van der Waals surface area contributed by atoms with Gasteiger partial charge in [-0.1, -0.05) is 61.5 Å². The average Bonchev–Trinajstić information content (AvgIpc) is 2.28. The molecular weight excluding hydrogens is 260 g/mol. The highest BCUT2D eigenvalue weighted by Gasteiger charge is 2.48. The minimum absolute atomic E-state index is 0.0254. The Bertz CT molecular complexity index is 325. The molecule has 0 N–H and O–H groups in total. The summed E-state index contributed by atoms with van der Waals surface area (Å²) in [4.78, 5) is 0. The second-order valence-corrected chi connectivity index (χ2v) is 12.9. The van der Waals surface area contributed by atoms with Gasteiger partial charge in [-0.25, -0.2) is 0 Å². The van der Waals surface area contributed by atoms with Crippen LogP contribution in [-0.2, 0) is 4.43 Å². The highest BCUT2D eigenvalue weighted by molar-refractivity contribution is 6.77. The van der Waals surface area contributed by atoms with Crippen molar-refractivity contribution in [2.75, 3.05) is 0 Å². The Morgan fingerprint density at radius 3 is 1.75 bits per heavy atom. The van der Waals surface area contributed by atoms with Gasteiger partial charge in [-0.15, -0.1) is 18.9 Å². The first-order valence-electron chi connectivity index (χ1n) is 7.80. The Hall–Kier alpha value is -0.523. The molecule has 1 atom stereocenters. The monoisotopic (exact) mass is 294 g/mol. The summed E-state index contributed by atoms with van der Waals surface area (Å²) >= 11 is 0. The zero-order chi connectivity index (χ0) is 16.1. The fourth-order valence-corrected chi connectivity index (χ4v) is 9.19. The summed E-state index contributed by atoms with van der Waals surface area (Å²) in [5.74, 6) is 2.78. The van der Waals surface area contributed by atoms with Gasteiger partial charge in [0.15, 0.2) is 0 Å². The molecule has 0 aromatic heterocycles. The summed E-state index contributed by atoms with van der Waals surface area (Å²) in [6.07, 6.45) is 8.21. The van der Waals surface area contributed by atoms with Gasteiger partial charge in [0.25, 0.3) is 0 Å². The van der Waals surface area contributed by atoms with Crippen LogP contribution in [0.4, 0.5) is 0 Å². The fourth-order valence-electron chi connectivity index (χ4n) is 3.52. The Kier molecular flexibility index (Phi) is 7.28. The van der Waals surface area contributed by atoms with Crippen LogP contribution in [0.15, 0.2) is 12.7 Å². The molecule has 20 heavy (non-hydrogen) atoms. The quantitative estimate of drug-likeness (QED) is 0.313. The van der Waals surface area contributed by atoms with Gasteiger partial charge >= 0.3 is 0 Å². The molecule has 1 unspecified atom stereocenters. The van der Waals surface area contributed by atoms with Crippen molar-refractivity contribution >= 4 is 8.32 Å². The first-order chi connectivity index (χ1) is 9.06. The molecule has 1 nitrogen and oxygen atoms in total. The van der Waals surface area contributed by atoms with Crippen molar-refractivity contribution in [3.63, 3.8) is 0 Å². The third kappa shape index (κ3) is 3.99. The lowest BCUT2D eigenvalue weighted by atomic mass is 9.83. The molecule has 0 amide bonds. The maximum absolute atomic E-state index is 6.81. The molecule has 0 saturated carbocycles. The molecule has 0 fully saturated rings. The second-order valence-electron chi connectivity index (χ2n) is 7.46. The van der Waals surface area contributed by atoms with E-state index in [1.54, 1.807) is 0 Å². The van der Waals surface area contributed by atoms with E-state index in [1.807, 2.05) is 6.08 Å². The summed E-state index contributed by atoms with van der Waals surface area (Å²) in [5.41, 5.74) is 1.66. The lowest BCUT2D eigenvalue weighted by Crippen LogP contribution is -2.52. The molecule has 2 heteroatoms. The number of terminal acetylenes is 1. The van der Waals surface area contributed by atoms with E-state index in [2.05, 4.69) is 67.9 Å². The van der Waals surface area contributed by atoms with E-state index < -0.39 is 8.32 Å². The van der Waals surface area contributed by atoms with Gasteiger partial charge in [0.1, 0.15) is 0 Å². The molecule has 0 aromatic rings. The van der Waals surface area contributed by atoms with Crippen LogP contribution in [0.2, 0.25) is 16.6 Å². The first-order valence-corrected chi connectivity index (χ1v) is 9.94. The molecule has 0 aliphatic heterocycles. The van der Waals surface area contributed by atoms with Crippen LogP contribution < -0.4 is 0 Å². The third-order valence-electron chi connectivity index (χ3n) is 4.58. The van der Waals surface area contributed by atoms with E-state index >= 15 is 0 Å². The van der Waals surface area contributed by atoms with Gasteiger partial charge in [-0.2, -0.15) is 0 Å². The van der Waals surface area contributed by atoms with Crippen LogP contribution in [0, 0.1) is 17.8 Å². The Morgan fingerprint density at radius 2 is 1.50 bits per heavy atom. The Balaban J connectivity index is 5.55. The van der Waals surface area contributed by atoms with Gasteiger partial charge in [-0.05, 0) is 16.6 Å². The fraction of sp³-hybridized carbons (Fsp3) is 0.778. The maximum Gasteiger partial charge on any atom is 0.201 e. The normalized spacial score (nSPS) is 14.7. The van der Waals surface area contributed by atoms with Gasteiger partial charge in [-0.3, -0.25) is 0 Å². The highest BCUT2D eigenvalue weighted by Crippen LogP contribution is 2.45. The van der Waals surface area contributed by atoms with E-state index in [4.69, 9.17) is 10.8 Å². The summed E-state index contributed by atoms with van der Waals surface area (Å²) in [7, 11) is -1.89. The van der Waals surface area contributed by atoms with Gasteiger partial charge in [0, 0.05) is 11.8 Å². The third-order valence-corrected chi connectivity index (χ3v) is 10.7. The zero-order valence-electron chi connectivity index (χ0n) is 14.8. The molecule has 0 radical (unpaired) electrons. The van der Waals surface area contributed by atoms with Crippen molar-refractivity contribution < 1.29 is 4.43 Å². The standard InChI is InChI=1S/C18H34OSi/c1-11-13-18(9,10)17(12-2)19-20(14(3)4,15(5)6)16(7)8/h1,12,14-17H,2,13H2,3-10H3. The minimum atomic E-state index is -1.89. The van der Waals surface area contributed by atoms with Crippen molar-refractivity contribution in [3.8, 4) is 12.3 Å². The van der Waals surface area contributed by atoms with Crippen LogP contribution in [-0.4, -0.2) is 14.4 Å². The van der Waals surface area contributed by atoms with Crippen LogP contribution in [0.1, 0.15) is 61.8 Å². The van der Waals surface area contributed by atoms with E-state index in [-0.39, 0.29) is 11.5 Å². The molecule has 0 heterocycles. The van der Waals surface area contributed by atoms with Gasteiger partial charge in [0.05, 0.1) is 6.10 Å². The molecule has 0 rings (SSSR count). The molecular formula is C18H34OSi. The van der Waals surface area contributed by atoms with Crippen LogP contribution >= 0.6 is 0 Å². The number of hydrogen-bond acceptors (Lipinski definition) is 1. The predicted octanol–water partition coefficient (Wildman–Crippen LogP) is 5.78. The van der Waals surface area contributed by atoms with E-state index in [0.29, 0.717) is 23.0 Å². The van der Waals surface area contributed by atoms with Crippen LogP contribution in [0.5, 0.6) is 0 Å². The van der Waals surface area contributed by atoms with Gasteiger partial charge < -0.3 is 4.43 Å². The molecule has 0 aliphatic rings. The topological polar surface area (TPSA) is 9.23 Å². The number of rotatable bonds is 8. The first kappa shape index (κ1) is 19.5. The molecule has 0 aliphatic carbocycles. The molecule has 0 aromatic carbocycles. The highest BCUT2D eigenvalue weighted by atomic mass is 28.4. The van der Waals surface area contributed by atoms with Crippen LogP contribution in [0.3, 0.4) is 0 Å². The second kappa shape index (κ2) is 7.48. The zero-order valence-corrected chi connectivity index (χ0v) is 15.8. The predicted molar refractivity (Wildman–Crippen MR) is 93.3 cm³/mol. The Morgan fingerprint density at radius 1 is 1.10 bits per heavy atom. The SMILES string of the molecule is C#CCC(C)(C)C(C=C)O[Si](C(C)C)(C(C)C)C(C)C. The maximum atomic E-state index is 6.81. The largest absolute Gasteiger partial charge is 0.409 e. The van der Waals surface area contributed by atoms with E-state index in [9.17, 15) is 0 Å². The number of hydrogen-bond donors (Lipinski definition) is 0. The molecule has 0 spiro atoms. The minimum Gasteiger partial charge on any atom is -0.409 e. The van der Waals surface area contributed by atoms with Crippen molar-refractivity contribution in [1.82, 2.24) is 0 Å². The summed E-state index contributed by atoms with van der Waals surface area (Å²) in [5, 5.41) is 0. The average molecular weight is 295 g/mol. The summed E-state index contributed by atoms with van der Waals surface area (Å²) in [6, 6.07) is 0. The lowest BCUT2D eigenvalue weighted by molar-refractivity contribution is 0.0987. The molecule has 0 saturated heterocycles. The van der Waals surface area contributed by atoms with Crippen molar-refractivity contribution in [2.24, 2.45) is 5.41 Å². The van der Waals surface area contributed by atoms with Gasteiger partial charge in [0.2, 0.25) is 8.32 Å². The van der Waals surface area contributed by atoms with Crippen molar-refractivity contribution in [2.45, 2.75) is 84.5 Å². The van der Waals surface area contributed by atoms with Crippen LogP contribution in [0.25, 0.3) is 0 Å². The molecule has 0 bridgehead atoms.